The molecule has 0 bridgehead atoms. The predicted octanol–water partition coefficient (Wildman–Crippen LogP) is 2.26. The summed E-state index contributed by atoms with van der Waals surface area (Å²) >= 11 is 0. The van der Waals surface area contributed by atoms with Crippen LogP contribution in [0.25, 0.3) is 0 Å². The highest BCUT2D eigenvalue weighted by molar-refractivity contribution is 5.19. The standard InChI is InChI=1S/C19H23N5O2/c1-14-6-16(22-26-14)9-24-10-18-19(23(2)13-21-18)7-17(24)12-25-11-15-4-3-5-20-8-15/h3-6,8,13,17H,7,9-12H2,1-2H3. The first-order valence-electron chi connectivity index (χ1n) is 8.81. The van der Waals surface area contributed by atoms with Gasteiger partial charge in [0.05, 0.1) is 30.9 Å². The van der Waals surface area contributed by atoms with Crippen molar-refractivity contribution in [3.05, 3.63) is 65.3 Å². The number of nitrogens with zero attached hydrogens (tertiary/aromatic N) is 5. The Hall–Kier alpha value is -2.51. The molecule has 0 saturated heterocycles. The van der Waals surface area contributed by atoms with E-state index in [1.54, 1.807) is 6.20 Å². The van der Waals surface area contributed by atoms with E-state index in [9.17, 15) is 0 Å². The SMILES string of the molecule is Cc1cc(CN2Cc3ncn(C)c3CC2COCc2cccnc2)no1. The molecule has 0 fully saturated rings. The summed E-state index contributed by atoms with van der Waals surface area (Å²) in [5, 5.41) is 4.14. The topological polar surface area (TPSA) is 69.2 Å². The molecule has 26 heavy (non-hydrogen) atoms. The highest BCUT2D eigenvalue weighted by Crippen LogP contribution is 2.24. The first kappa shape index (κ1) is 16.9. The molecular formula is C19H23N5O2. The number of aromatic nitrogens is 4. The molecule has 0 N–H and O–H groups in total. The third kappa shape index (κ3) is 3.68. The minimum atomic E-state index is 0.270. The second-order valence-electron chi connectivity index (χ2n) is 6.82. The van der Waals surface area contributed by atoms with Gasteiger partial charge in [0.25, 0.3) is 0 Å². The van der Waals surface area contributed by atoms with Gasteiger partial charge in [-0.25, -0.2) is 4.98 Å². The van der Waals surface area contributed by atoms with E-state index in [0.29, 0.717) is 13.2 Å². The van der Waals surface area contributed by atoms with Gasteiger partial charge in [0.1, 0.15) is 5.76 Å². The second-order valence-corrected chi connectivity index (χ2v) is 6.82. The molecule has 1 atom stereocenters. The molecular weight excluding hydrogens is 330 g/mol. The number of hydrogen-bond donors (Lipinski definition) is 0. The van der Waals surface area contributed by atoms with Crippen LogP contribution in [0.5, 0.6) is 0 Å². The second kappa shape index (κ2) is 7.39. The lowest BCUT2D eigenvalue weighted by Gasteiger charge is -2.34. The third-order valence-electron chi connectivity index (χ3n) is 4.79. The van der Waals surface area contributed by atoms with Crippen LogP contribution in [0.2, 0.25) is 0 Å². The van der Waals surface area contributed by atoms with Crippen molar-refractivity contribution in [3.8, 4) is 0 Å². The molecule has 4 rings (SSSR count). The maximum absolute atomic E-state index is 6.01. The normalized spacial score (nSPS) is 17.4. The summed E-state index contributed by atoms with van der Waals surface area (Å²) in [4.78, 5) is 11.1. The van der Waals surface area contributed by atoms with Crippen molar-refractivity contribution in [2.45, 2.75) is 39.1 Å². The van der Waals surface area contributed by atoms with Crippen molar-refractivity contribution >= 4 is 0 Å². The minimum Gasteiger partial charge on any atom is -0.375 e. The fourth-order valence-corrected chi connectivity index (χ4v) is 3.42. The van der Waals surface area contributed by atoms with Crippen molar-refractivity contribution in [2.75, 3.05) is 6.61 Å². The van der Waals surface area contributed by atoms with E-state index in [-0.39, 0.29) is 6.04 Å². The Labute approximate surface area is 152 Å². The van der Waals surface area contributed by atoms with Crippen molar-refractivity contribution < 1.29 is 9.26 Å². The zero-order valence-corrected chi connectivity index (χ0v) is 15.1. The lowest BCUT2D eigenvalue weighted by Crippen LogP contribution is -2.43. The van der Waals surface area contributed by atoms with Crippen molar-refractivity contribution in [3.63, 3.8) is 0 Å². The summed E-state index contributed by atoms with van der Waals surface area (Å²) in [5.41, 5.74) is 4.45. The van der Waals surface area contributed by atoms with Gasteiger partial charge in [-0.1, -0.05) is 11.2 Å². The lowest BCUT2D eigenvalue weighted by atomic mass is 10.0. The quantitative estimate of drug-likeness (QED) is 0.677. The molecule has 0 spiro atoms. The number of pyridine rings is 1. The Balaban J connectivity index is 1.46. The Morgan fingerprint density at radius 3 is 3.08 bits per heavy atom. The molecule has 0 saturated carbocycles. The molecule has 7 heteroatoms. The number of rotatable bonds is 6. The number of imidazole rings is 1. The average Bonchev–Trinajstić information content (AvgIpc) is 3.22. The van der Waals surface area contributed by atoms with Gasteiger partial charge in [-0.15, -0.1) is 0 Å². The van der Waals surface area contributed by atoms with Gasteiger partial charge in [0.2, 0.25) is 0 Å². The predicted molar refractivity (Wildman–Crippen MR) is 95.1 cm³/mol. The number of aryl methyl sites for hydroxylation is 2. The van der Waals surface area contributed by atoms with Crippen molar-refractivity contribution in [1.29, 1.82) is 0 Å². The lowest BCUT2D eigenvalue weighted by molar-refractivity contribution is 0.0350. The van der Waals surface area contributed by atoms with E-state index in [0.717, 1.165) is 42.2 Å². The van der Waals surface area contributed by atoms with E-state index < -0.39 is 0 Å². The maximum atomic E-state index is 6.01. The number of ether oxygens (including phenoxy) is 1. The Morgan fingerprint density at radius 1 is 1.38 bits per heavy atom. The van der Waals surface area contributed by atoms with E-state index in [4.69, 9.17) is 9.26 Å². The monoisotopic (exact) mass is 353 g/mol. The van der Waals surface area contributed by atoms with E-state index >= 15 is 0 Å². The molecule has 3 aromatic rings. The zero-order chi connectivity index (χ0) is 17.9. The van der Waals surface area contributed by atoms with Gasteiger partial charge in [0, 0.05) is 56.8 Å². The molecule has 0 aliphatic carbocycles. The molecule has 7 nitrogen and oxygen atoms in total. The van der Waals surface area contributed by atoms with Gasteiger partial charge < -0.3 is 13.8 Å². The van der Waals surface area contributed by atoms with Crippen molar-refractivity contribution in [2.24, 2.45) is 7.05 Å². The van der Waals surface area contributed by atoms with Crippen molar-refractivity contribution in [1.82, 2.24) is 24.6 Å². The van der Waals surface area contributed by atoms with Gasteiger partial charge >= 0.3 is 0 Å². The highest BCUT2D eigenvalue weighted by atomic mass is 16.5. The maximum Gasteiger partial charge on any atom is 0.133 e. The summed E-state index contributed by atoms with van der Waals surface area (Å²) in [6.07, 6.45) is 6.42. The van der Waals surface area contributed by atoms with Crippen LogP contribution in [0.1, 0.15) is 28.4 Å². The molecule has 1 aliphatic rings. The minimum absolute atomic E-state index is 0.270. The molecule has 4 heterocycles. The van der Waals surface area contributed by atoms with Gasteiger partial charge in [0.15, 0.2) is 0 Å². The first-order chi connectivity index (χ1) is 12.7. The molecule has 136 valence electrons. The van der Waals surface area contributed by atoms with Crippen LogP contribution in [0.3, 0.4) is 0 Å². The van der Waals surface area contributed by atoms with Crippen LogP contribution in [0.4, 0.5) is 0 Å². The van der Waals surface area contributed by atoms with Crippen LogP contribution in [-0.2, 0) is 37.9 Å². The largest absolute Gasteiger partial charge is 0.375 e. The molecule has 0 amide bonds. The first-order valence-corrected chi connectivity index (χ1v) is 8.81. The van der Waals surface area contributed by atoms with Crippen LogP contribution in [0.15, 0.2) is 41.4 Å². The summed E-state index contributed by atoms with van der Waals surface area (Å²) in [6, 6.07) is 6.22. The average molecular weight is 353 g/mol. The number of hydrogen-bond acceptors (Lipinski definition) is 6. The number of fused-ring (bicyclic) bond motifs is 1. The summed E-state index contributed by atoms with van der Waals surface area (Å²) in [5.74, 6) is 0.833. The molecule has 0 aromatic carbocycles. The van der Waals surface area contributed by atoms with E-state index in [2.05, 4.69) is 31.6 Å². The van der Waals surface area contributed by atoms with Gasteiger partial charge in [-0.3, -0.25) is 9.88 Å². The Morgan fingerprint density at radius 2 is 2.31 bits per heavy atom. The Bertz CT molecular complexity index is 858. The molecule has 1 aliphatic heterocycles. The fourth-order valence-electron chi connectivity index (χ4n) is 3.42. The molecule has 3 aromatic heterocycles. The van der Waals surface area contributed by atoms with Crippen LogP contribution in [-0.4, -0.2) is 37.2 Å². The third-order valence-corrected chi connectivity index (χ3v) is 4.79. The molecule has 1 unspecified atom stereocenters. The summed E-state index contributed by atoms with van der Waals surface area (Å²) < 4.78 is 13.3. The van der Waals surface area contributed by atoms with Gasteiger partial charge in [-0.2, -0.15) is 0 Å². The fraction of sp³-hybridized carbons (Fsp3) is 0.421. The van der Waals surface area contributed by atoms with E-state index in [1.165, 1.54) is 5.69 Å². The Kier molecular flexibility index (Phi) is 4.81. The van der Waals surface area contributed by atoms with Crippen LogP contribution >= 0.6 is 0 Å². The van der Waals surface area contributed by atoms with E-state index in [1.807, 2.05) is 37.6 Å². The molecule has 0 radical (unpaired) electrons. The highest BCUT2D eigenvalue weighted by Gasteiger charge is 2.29. The summed E-state index contributed by atoms with van der Waals surface area (Å²) in [7, 11) is 2.05. The summed E-state index contributed by atoms with van der Waals surface area (Å²) in [6.45, 7) is 4.66. The van der Waals surface area contributed by atoms with Crippen LogP contribution in [0, 0.1) is 6.92 Å². The van der Waals surface area contributed by atoms with Gasteiger partial charge in [-0.05, 0) is 18.6 Å². The van der Waals surface area contributed by atoms with Crippen LogP contribution < -0.4 is 0 Å². The smallest absolute Gasteiger partial charge is 0.133 e. The zero-order valence-electron chi connectivity index (χ0n) is 15.1.